The van der Waals surface area contributed by atoms with E-state index in [0.29, 0.717) is 5.69 Å². The van der Waals surface area contributed by atoms with Crippen LogP contribution in [-0.4, -0.2) is 25.0 Å². The average Bonchev–Trinajstić information content (AvgIpc) is 3.27. The van der Waals surface area contributed by atoms with Crippen LogP contribution in [0.2, 0.25) is 0 Å². The van der Waals surface area contributed by atoms with Gasteiger partial charge in [0.15, 0.2) is 5.69 Å². The Morgan fingerprint density at radius 3 is 2.56 bits per heavy atom. The van der Waals surface area contributed by atoms with Gasteiger partial charge in [-0.2, -0.15) is 0 Å². The van der Waals surface area contributed by atoms with E-state index in [4.69, 9.17) is 6.57 Å². The van der Waals surface area contributed by atoms with E-state index >= 15 is 0 Å². The highest BCUT2D eigenvalue weighted by molar-refractivity contribution is 5.49. The number of hydrogen-bond acceptors (Lipinski definition) is 4. The van der Waals surface area contributed by atoms with Gasteiger partial charge in [0.05, 0.1) is 18.5 Å². The van der Waals surface area contributed by atoms with E-state index < -0.39 is 0 Å². The topological polar surface area (TPSA) is 60.9 Å². The van der Waals surface area contributed by atoms with Crippen molar-refractivity contribution in [2.75, 3.05) is 0 Å². The zero-order chi connectivity index (χ0) is 18.5. The smallest absolute Gasteiger partial charge is 0.187 e. The van der Waals surface area contributed by atoms with E-state index in [1.54, 1.807) is 18.6 Å². The van der Waals surface area contributed by atoms with Crippen molar-refractivity contribution in [3.8, 4) is 0 Å². The fourth-order valence-corrected chi connectivity index (χ4v) is 3.28. The normalized spacial score (nSPS) is 12.9. The third-order valence-electron chi connectivity index (χ3n) is 4.43. The predicted octanol–water partition coefficient (Wildman–Crippen LogP) is 4.04. The lowest BCUT2D eigenvalue weighted by molar-refractivity contribution is 0.451. The number of rotatable bonds is 5. The van der Waals surface area contributed by atoms with Crippen LogP contribution in [0.4, 0.5) is 5.69 Å². The average molecular weight is 352 g/mol. The molecule has 0 aliphatic rings. The van der Waals surface area contributed by atoms with Crippen molar-refractivity contribution in [1.29, 1.82) is 0 Å². The molecule has 27 heavy (non-hydrogen) atoms. The summed E-state index contributed by atoms with van der Waals surface area (Å²) in [5, 5.41) is 8.25. The molecule has 0 aliphatic heterocycles. The molecular formula is C21H16N6. The van der Waals surface area contributed by atoms with Crippen LogP contribution in [-0.2, 0) is 0 Å². The first-order valence-electron chi connectivity index (χ1n) is 8.51. The van der Waals surface area contributed by atoms with Crippen LogP contribution < -0.4 is 0 Å². The summed E-state index contributed by atoms with van der Waals surface area (Å²) in [6.07, 6.45) is 8.87. The van der Waals surface area contributed by atoms with Crippen molar-refractivity contribution in [3.63, 3.8) is 0 Å². The Morgan fingerprint density at radius 2 is 1.85 bits per heavy atom. The fourth-order valence-electron chi connectivity index (χ4n) is 3.28. The minimum absolute atomic E-state index is 0.128. The van der Waals surface area contributed by atoms with Crippen LogP contribution in [0.25, 0.3) is 4.85 Å². The molecular weight excluding hydrogens is 336 g/mol. The van der Waals surface area contributed by atoms with Gasteiger partial charge in [0.1, 0.15) is 6.04 Å². The zero-order valence-corrected chi connectivity index (χ0v) is 14.4. The Kier molecular flexibility index (Phi) is 4.66. The molecule has 1 aromatic carbocycles. The van der Waals surface area contributed by atoms with Crippen LogP contribution >= 0.6 is 0 Å². The summed E-state index contributed by atoms with van der Waals surface area (Å²) in [6.45, 7) is 7.37. The second-order valence-electron chi connectivity index (χ2n) is 6.05. The maximum absolute atomic E-state index is 7.37. The first-order chi connectivity index (χ1) is 13.4. The van der Waals surface area contributed by atoms with Crippen molar-refractivity contribution < 1.29 is 0 Å². The van der Waals surface area contributed by atoms with Gasteiger partial charge in [0, 0.05) is 30.7 Å². The van der Waals surface area contributed by atoms with Gasteiger partial charge in [-0.15, -0.1) is 5.10 Å². The van der Waals surface area contributed by atoms with Crippen LogP contribution in [0, 0.1) is 6.57 Å². The van der Waals surface area contributed by atoms with Crippen molar-refractivity contribution in [3.05, 3.63) is 114 Å². The second-order valence-corrected chi connectivity index (χ2v) is 6.05. The van der Waals surface area contributed by atoms with E-state index in [1.165, 1.54) is 0 Å². The highest BCUT2D eigenvalue weighted by Gasteiger charge is 2.30. The Balaban J connectivity index is 1.94. The maximum atomic E-state index is 7.37. The number of nitrogens with zero attached hydrogens (tertiary/aromatic N) is 6. The molecule has 3 aromatic heterocycles. The monoisotopic (exact) mass is 352 g/mol. The molecule has 0 radical (unpaired) electrons. The van der Waals surface area contributed by atoms with Gasteiger partial charge in [-0.05, 0) is 29.3 Å². The summed E-state index contributed by atoms with van der Waals surface area (Å²) in [5.74, 6) is -0.128. The van der Waals surface area contributed by atoms with E-state index in [-0.39, 0.29) is 12.0 Å². The molecule has 130 valence electrons. The second kappa shape index (κ2) is 7.58. The number of aromatic nitrogens is 5. The zero-order valence-electron chi connectivity index (χ0n) is 14.4. The van der Waals surface area contributed by atoms with Crippen LogP contribution in [0.5, 0.6) is 0 Å². The van der Waals surface area contributed by atoms with Crippen molar-refractivity contribution >= 4 is 5.69 Å². The molecule has 0 fully saturated rings. The molecule has 4 rings (SSSR count). The molecule has 4 aromatic rings. The van der Waals surface area contributed by atoms with E-state index in [0.717, 1.165) is 16.8 Å². The van der Waals surface area contributed by atoms with Gasteiger partial charge < -0.3 is 0 Å². The summed E-state index contributed by atoms with van der Waals surface area (Å²) in [7, 11) is 0. The largest absolute Gasteiger partial charge is 0.264 e. The van der Waals surface area contributed by atoms with Gasteiger partial charge in [-0.3, -0.25) is 9.97 Å². The number of hydrogen-bond donors (Lipinski definition) is 0. The van der Waals surface area contributed by atoms with Gasteiger partial charge >= 0.3 is 0 Å². The minimum Gasteiger partial charge on any atom is -0.264 e. The lowest BCUT2D eigenvalue weighted by atomic mass is 9.84. The van der Waals surface area contributed by atoms with Gasteiger partial charge in [0.2, 0.25) is 0 Å². The molecule has 0 saturated heterocycles. The van der Waals surface area contributed by atoms with Gasteiger partial charge in [-0.25, -0.2) is 9.53 Å². The molecule has 0 amide bonds. The van der Waals surface area contributed by atoms with Crippen LogP contribution in [0.1, 0.15) is 28.8 Å². The molecule has 6 nitrogen and oxygen atoms in total. The molecule has 0 aliphatic carbocycles. The summed E-state index contributed by atoms with van der Waals surface area (Å²) >= 11 is 0. The first kappa shape index (κ1) is 16.6. The lowest BCUT2D eigenvalue weighted by Gasteiger charge is -2.27. The standard InChI is InChI=1S/C21H16N6/c1-22-18-8-4-6-16(14-18)20(17-7-5-10-23-15-17)21(27-13-12-25-26-27)19-9-2-3-11-24-19/h2-15,20-21H. The number of pyridine rings is 2. The Labute approximate surface area is 157 Å². The minimum atomic E-state index is -0.223. The molecule has 3 heterocycles. The van der Waals surface area contributed by atoms with Gasteiger partial charge in [0.25, 0.3) is 0 Å². The Morgan fingerprint density at radius 1 is 0.926 bits per heavy atom. The predicted molar refractivity (Wildman–Crippen MR) is 101 cm³/mol. The summed E-state index contributed by atoms with van der Waals surface area (Å²) < 4.78 is 1.81. The molecule has 0 spiro atoms. The highest BCUT2D eigenvalue weighted by Crippen LogP contribution is 2.39. The molecule has 6 heteroatoms. The third kappa shape index (κ3) is 3.44. The maximum Gasteiger partial charge on any atom is 0.187 e. The van der Waals surface area contributed by atoms with Crippen molar-refractivity contribution in [2.45, 2.75) is 12.0 Å². The quantitative estimate of drug-likeness (QED) is 0.509. The summed E-state index contributed by atoms with van der Waals surface area (Å²) in [4.78, 5) is 12.5. The van der Waals surface area contributed by atoms with E-state index in [1.807, 2.05) is 71.7 Å². The fraction of sp³-hybridized carbons (Fsp3) is 0.0952. The van der Waals surface area contributed by atoms with Crippen LogP contribution in [0.3, 0.4) is 0 Å². The van der Waals surface area contributed by atoms with Crippen molar-refractivity contribution in [2.24, 2.45) is 0 Å². The molecule has 2 unspecified atom stereocenters. The van der Waals surface area contributed by atoms with Crippen LogP contribution in [0.15, 0.2) is 85.6 Å². The molecule has 0 saturated carbocycles. The van der Waals surface area contributed by atoms with E-state index in [2.05, 4.69) is 25.1 Å². The first-order valence-corrected chi connectivity index (χ1v) is 8.51. The summed E-state index contributed by atoms with van der Waals surface area (Å²) in [5.41, 5.74) is 3.48. The van der Waals surface area contributed by atoms with E-state index in [9.17, 15) is 0 Å². The van der Waals surface area contributed by atoms with Gasteiger partial charge in [-0.1, -0.05) is 41.6 Å². The SMILES string of the molecule is [C-]#[N+]c1cccc(C(c2cccnc2)C(c2ccccn2)n2ccnn2)c1. The summed E-state index contributed by atoms with van der Waals surface area (Å²) in [6, 6.07) is 17.2. The lowest BCUT2D eigenvalue weighted by Crippen LogP contribution is -2.22. The number of benzene rings is 1. The molecule has 0 bridgehead atoms. The third-order valence-corrected chi connectivity index (χ3v) is 4.43. The highest BCUT2D eigenvalue weighted by atomic mass is 15.4. The molecule has 0 N–H and O–H groups in total. The Hall–Kier alpha value is -3.85. The molecule has 2 atom stereocenters. The van der Waals surface area contributed by atoms with Crippen molar-refractivity contribution in [1.82, 2.24) is 25.0 Å². The Bertz CT molecular complexity index is 1040.